The molecule has 0 spiro atoms. The van der Waals surface area contributed by atoms with Crippen LogP contribution in [0.2, 0.25) is 0 Å². The van der Waals surface area contributed by atoms with Crippen molar-refractivity contribution in [3.8, 4) is 0 Å². The van der Waals surface area contributed by atoms with Gasteiger partial charge in [0.25, 0.3) is 0 Å². The summed E-state index contributed by atoms with van der Waals surface area (Å²) >= 11 is 0. The Bertz CT molecular complexity index is 405. The van der Waals surface area contributed by atoms with Gasteiger partial charge in [0.05, 0.1) is 5.75 Å². The smallest absolute Gasteiger partial charge is 0.321 e. The Hall–Kier alpha value is -1.42. The van der Waals surface area contributed by atoms with Crippen LogP contribution in [0.1, 0.15) is 20.8 Å². The van der Waals surface area contributed by atoms with Crippen LogP contribution in [-0.4, -0.2) is 48.5 Å². The third-order valence-electron chi connectivity index (χ3n) is 1.96. The highest BCUT2D eigenvalue weighted by molar-refractivity contribution is 8.76. The summed E-state index contributed by atoms with van der Waals surface area (Å²) in [6.45, 7) is 6.04. The standard InChI is InChI=1S/C12H22N4O4S2/c1-8(2)6-14-12(20)16-10(18)7-22-21-5-4-13-11(19)15-9(3)17/h8H,4-7H2,1-3H3,(H2,13,15,17,19)(H2,14,16,18,20). The van der Waals surface area contributed by atoms with Crippen molar-refractivity contribution >= 4 is 45.5 Å². The SMILES string of the molecule is CC(=O)NC(=O)NCCSSCC(=O)NC(=O)NCC(C)C. The Morgan fingerprint density at radius 2 is 1.59 bits per heavy atom. The van der Waals surface area contributed by atoms with Gasteiger partial charge in [0, 0.05) is 25.8 Å². The average molecular weight is 350 g/mol. The predicted octanol–water partition coefficient (Wildman–Crippen LogP) is 0.695. The molecule has 0 aliphatic rings. The van der Waals surface area contributed by atoms with Crippen LogP contribution in [0.15, 0.2) is 0 Å². The third-order valence-corrected chi connectivity index (χ3v) is 4.23. The van der Waals surface area contributed by atoms with Crippen LogP contribution in [0.3, 0.4) is 0 Å². The highest BCUT2D eigenvalue weighted by Gasteiger charge is 2.08. The summed E-state index contributed by atoms with van der Waals surface area (Å²) in [5, 5.41) is 9.38. The van der Waals surface area contributed by atoms with E-state index in [0.717, 1.165) is 0 Å². The minimum atomic E-state index is -0.544. The van der Waals surface area contributed by atoms with Crippen LogP contribution >= 0.6 is 21.6 Å². The zero-order valence-corrected chi connectivity index (χ0v) is 14.5. The fraction of sp³-hybridized carbons (Fsp3) is 0.667. The van der Waals surface area contributed by atoms with E-state index >= 15 is 0 Å². The molecule has 0 rings (SSSR count). The second-order valence-electron chi connectivity index (χ2n) is 4.67. The maximum atomic E-state index is 11.4. The molecule has 10 heteroatoms. The number of urea groups is 2. The molecule has 0 aliphatic carbocycles. The molecule has 0 aromatic heterocycles. The van der Waals surface area contributed by atoms with E-state index in [4.69, 9.17) is 0 Å². The molecule has 4 N–H and O–H groups in total. The number of hydrogen-bond donors (Lipinski definition) is 4. The zero-order valence-electron chi connectivity index (χ0n) is 12.9. The number of carbonyl (C=O) groups excluding carboxylic acids is 4. The van der Waals surface area contributed by atoms with Crippen molar-refractivity contribution in [2.75, 3.05) is 24.6 Å². The van der Waals surface area contributed by atoms with E-state index in [1.807, 2.05) is 13.8 Å². The van der Waals surface area contributed by atoms with E-state index in [2.05, 4.69) is 21.3 Å². The molecule has 0 aliphatic heterocycles. The van der Waals surface area contributed by atoms with Crippen LogP contribution in [0.25, 0.3) is 0 Å². The molecular formula is C12H22N4O4S2. The summed E-state index contributed by atoms with van der Waals surface area (Å²) in [4.78, 5) is 44.4. The molecule has 0 bridgehead atoms. The zero-order chi connectivity index (χ0) is 17.0. The Labute approximate surface area is 137 Å². The van der Waals surface area contributed by atoms with Crippen molar-refractivity contribution in [3.05, 3.63) is 0 Å². The average Bonchev–Trinajstić information content (AvgIpc) is 2.39. The second-order valence-corrected chi connectivity index (χ2v) is 7.26. The number of carbonyl (C=O) groups is 4. The molecule has 6 amide bonds. The van der Waals surface area contributed by atoms with Crippen molar-refractivity contribution < 1.29 is 19.2 Å². The van der Waals surface area contributed by atoms with Gasteiger partial charge in [0.2, 0.25) is 11.8 Å². The first kappa shape index (κ1) is 20.6. The molecule has 0 atom stereocenters. The van der Waals surface area contributed by atoms with E-state index in [-0.39, 0.29) is 11.7 Å². The Morgan fingerprint density at radius 1 is 0.955 bits per heavy atom. The van der Waals surface area contributed by atoms with Gasteiger partial charge in [-0.3, -0.25) is 20.2 Å². The van der Waals surface area contributed by atoms with Gasteiger partial charge in [-0.05, 0) is 5.92 Å². The molecule has 0 unspecified atom stereocenters. The number of amides is 6. The van der Waals surface area contributed by atoms with Crippen molar-refractivity contribution in [1.82, 2.24) is 21.3 Å². The minimum absolute atomic E-state index is 0.138. The summed E-state index contributed by atoms with van der Waals surface area (Å²) in [7, 11) is 2.66. The molecule has 22 heavy (non-hydrogen) atoms. The van der Waals surface area contributed by atoms with Crippen molar-refractivity contribution in [2.45, 2.75) is 20.8 Å². The van der Waals surface area contributed by atoms with E-state index in [1.165, 1.54) is 28.5 Å². The summed E-state index contributed by atoms with van der Waals surface area (Å²) in [5.41, 5.74) is 0. The topological polar surface area (TPSA) is 116 Å². The molecule has 0 aromatic carbocycles. The van der Waals surface area contributed by atoms with Gasteiger partial charge in [-0.25, -0.2) is 9.59 Å². The first-order chi connectivity index (χ1) is 10.3. The lowest BCUT2D eigenvalue weighted by Gasteiger charge is -2.08. The predicted molar refractivity (Wildman–Crippen MR) is 88.5 cm³/mol. The highest BCUT2D eigenvalue weighted by Crippen LogP contribution is 2.19. The minimum Gasteiger partial charge on any atom is -0.338 e. The van der Waals surface area contributed by atoms with E-state index < -0.39 is 18.0 Å². The van der Waals surface area contributed by atoms with E-state index in [9.17, 15) is 19.2 Å². The summed E-state index contributed by atoms with van der Waals surface area (Å²) < 4.78 is 0. The summed E-state index contributed by atoms with van der Waals surface area (Å²) in [5.74, 6) is 0.230. The number of rotatable bonds is 8. The fourth-order valence-electron chi connectivity index (χ4n) is 1.07. The molecule has 0 saturated heterocycles. The number of hydrogen-bond acceptors (Lipinski definition) is 6. The van der Waals surface area contributed by atoms with Crippen LogP contribution in [0.5, 0.6) is 0 Å². The van der Waals surface area contributed by atoms with E-state index in [0.29, 0.717) is 24.8 Å². The second kappa shape index (κ2) is 12.2. The Balaban J connectivity index is 3.55. The first-order valence-electron chi connectivity index (χ1n) is 6.68. The largest absolute Gasteiger partial charge is 0.338 e. The third kappa shape index (κ3) is 13.6. The Kier molecular flexibility index (Phi) is 11.4. The van der Waals surface area contributed by atoms with Gasteiger partial charge in [-0.1, -0.05) is 35.4 Å². The van der Waals surface area contributed by atoms with Crippen LogP contribution in [0.4, 0.5) is 9.59 Å². The lowest BCUT2D eigenvalue weighted by molar-refractivity contribution is -0.118. The maximum absolute atomic E-state index is 11.4. The van der Waals surface area contributed by atoms with Gasteiger partial charge < -0.3 is 10.6 Å². The van der Waals surface area contributed by atoms with Gasteiger partial charge in [0.15, 0.2) is 0 Å². The monoisotopic (exact) mass is 350 g/mol. The van der Waals surface area contributed by atoms with Crippen LogP contribution in [-0.2, 0) is 9.59 Å². The normalized spacial score (nSPS) is 10.0. The molecule has 0 saturated carbocycles. The number of imide groups is 2. The lowest BCUT2D eigenvalue weighted by atomic mass is 10.2. The quantitative estimate of drug-likeness (QED) is 0.378. The van der Waals surface area contributed by atoms with Crippen LogP contribution in [0, 0.1) is 5.92 Å². The van der Waals surface area contributed by atoms with Gasteiger partial charge >= 0.3 is 12.1 Å². The van der Waals surface area contributed by atoms with E-state index in [1.54, 1.807) is 0 Å². The molecule has 126 valence electrons. The summed E-state index contributed by atoms with van der Waals surface area (Å²) in [6, 6.07) is -1.04. The van der Waals surface area contributed by atoms with Crippen LogP contribution < -0.4 is 21.3 Å². The van der Waals surface area contributed by atoms with Crippen molar-refractivity contribution in [1.29, 1.82) is 0 Å². The fourth-order valence-corrected chi connectivity index (χ4v) is 2.81. The first-order valence-corrected chi connectivity index (χ1v) is 9.17. The summed E-state index contributed by atoms with van der Waals surface area (Å²) in [6.07, 6.45) is 0. The Morgan fingerprint density at radius 3 is 2.18 bits per heavy atom. The van der Waals surface area contributed by atoms with Crippen molar-refractivity contribution in [2.24, 2.45) is 5.92 Å². The molecule has 0 radical (unpaired) electrons. The lowest BCUT2D eigenvalue weighted by Crippen LogP contribution is -2.41. The molecule has 0 heterocycles. The highest BCUT2D eigenvalue weighted by atomic mass is 33.1. The number of nitrogens with one attached hydrogen (secondary N) is 4. The van der Waals surface area contributed by atoms with Gasteiger partial charge in [0.1, 0.15) is 0 Å². The maximum Gasteiger partial charge on any atom is 0.321 e. The molecule has 8 nitrogen and oxygen atoms in total. The molecule has 0 fully saturated rings. The van der Waals surface area contributed by atoms with Crippen molar-refractivity contribution in [3.63, 3.8) is 0 Å². The van der Waals surface area contributed by atoms with Gasteiger partial charge in [-0.15, -0.1) is 0 Å². The van der Waals surface area contributed by atoms with Gasteiger partial charge in [-0.2, -0.15) is 0 Å². The molecule has 0 aromatic rings. The molecular weight excluding hydrogens is 328 g/mol.